The summed E-state index contributed by atoms with van der Waals surface area (Å²) in [6, 6.07) is 1.22. The lowest BCUT2D eigenvalue weighted by Gasteiger charge is -2.32. The average Bonchev–Trinajstić information content (AvgIpc) is 3.61. The fourth-order valence-electron chi connectivity index (χ4n) is 6.23. The number of aliphatic hydroxyl groups is 1. The lowest BCUT2D eigenvalue weighted by atomic mass is 9.96. The van der Waals surface area contributed by atoms with Gasteiger partial charge in [0.1, 0.15) is 42.4 Å². The first kappa shape index (κ1) is 45.3. The van der Waals surface area contributed by atoms with Crippen LogP contribution in [-0.2, 0) is 33.4 Å². The van der Waals surface area contributed by atoms with Crippen LogP contribution in [0.4, 0.5) is 20.4 Å². The van der Waals surface area contributed by atoms with Crippen LogP contribution in [0.25, 0.3) is 20.9 Å². The van der Waals surface area contributed by atoms with Crippen LogP contribution in [0.5, 0.6) is 0 Å². The number of nitrogens with one attached hydrogen (secondary N) is 1. The number of unbranched alkanes of at least 4 members (excludes halogenated alkanes) is 4. The van der Waals surface area contributed by atoms with Gasteiger partial charge >= 0.3 is 23.3 Å². The first-order valence-electron chi connectivity index (χ1n) is 18.4. The van der Waals surface area contributed by atoms with E-state index in [4.69, 9.17) is 40.8 Å². The van der Waals surface area contributed by atoms with Gasteiger partial charge in [-0.3, -0.25) is 23.6 Å². The van der Waals surface area contributed by atoms with E-state index in [2.05, 4.69) is 35.5 Å². The second kappa shape index (κ2) is 20.3. The monoisotopic (exact) mass is 823 g/mol. The number of hydrogen-bond acceptors (Lipinski definition) is 17. The molecule has 23 nitrogen and oxygen atoms in total. The Kier molecular flexibility index (Phi) is 15.9. The summed E-state index contributed by atoms with van der Waals surface area (Å²) in [5.41, 5.74) is 25.5. The van der Waals surface area contributed by atoms with Gasteiger partial charge in [0.15, 0.2) is 36.7 Å². The number of aliphatic hydroxyl groups excluding tert-OH is 1. The minimum absolute atomic E-state index is 0.0285. The zero-order valence-electron chi connectivity index (χ0n) is 32.0. The Balaban J connectivity index is 1.58. The van der Waals surface area contributed by atoms with Crippen molar-refractivity contribution in [1.82, 2.24) is 19.1 Å². The van der Waals surface area contributed by atoms with E-state index in [1.807, 2.05) is 6.92 Å². The smallest absolute Gasteiger partial charge is 0.351 e. The Morgan fingerprint density at radius 1 is 0.966 bits per heavy atom. The number of hydrogen-bond donors (Lipinski definition) is 4. The number of alkyl halides is 2. The predicted octanol–water partition coefficient (Wildman–Crippen LogP) is 2.42. The molecule has 0 amide bonds. The van der Waals surface area contributed by atoms with Crippen molar-refractivity contribution < 1.29 is 47.3 Å². The molecule has 4 heterocycles. The SMILES string of the molecule is CCCCCCCC(=O)OC[C@@]1(CN=[N+]=[N-])O[C@@H](n2ccc(N)nc2=O)[C@H](F)[C@@H]1ONc1ccn([C@@H]2O[C@](CN=[N+]=[N-])(COC(=O)C(N)C(C)C)[C@@H](O)[C@H]2F)c(=O)n1. The number of nitrogens with zero attached hydrogens (tertiary/aromatic N) is 10. The highest BCUT2D eigenvalue weighted by Gasteiger charge is 2.59. The van der Waals surface area contributed by atoms with Crippen LogP contribution in [-0.4, -0.2) is 104 Å². The fourth-order valence-corrected chi connectivity index (χ4v) is 6.23. The average molecular weight is 824 g/mol. The summed E-state index contributed by atoms with van der Waals surface area (Å²) in [7, 11) is 0. The van der Waals surface area contributed by atoms with Crippen molar-refractivity contribution in [3.8, 4) is 0 Å². The highest BCUT2D eigenvalue weighted by molar-refractivity contribution is 5.75. The number of nitrogens with two attached hydrogens (primary N) is 2. The first-order chi connectivity index (χ1) is 27.6. The molecule has 2 fully saturated rings. The Morgan fingerprint density at radius 3 is 2.17 bits per heavy atom. The molecular formula is C33H47F2N13O10. The molecule has 2 aliphatic rings. The molecule has 9 atom stereocenters. The summed E-state index contributed by atoms with van der Waals surface area (Å²) < 4.78 is 55.9. The highest BCUT2D eigenvalue weighted by atomic mass is 19.1. The van der Waals surface area contributed by atoms with Crippen LogP contribution >= 0.6 is 0 Å². The van der Waals surface area contributed by atoms with Gasteiger partial charge in [0, 0.05) is 28.6 Å². The maximum atomic E-state index is 16.5. The van der Waals surface area contributed by atoms with E-state index in [-0.39, 0.29) is 24.0 Å². The molecule has 2 saturated heterocycles. The molecule has 1 unspecified atom stereocenters. The van der Waals surface area contributed by atoms with E-state index in [0.29, 0.717) is 11.0 Å². The van der Waals surface area contributed by atoms with E-state index in [9.17, 15) is 29.8 Å². The molecule has 0 saturated carbocycles. The largest absolute Gasteiger partial charge is 0.462 e. The number of esters is 2. The molecule has 4 rings (SSSR count). The lowest BCUT2D eigenvalue weighted by molar-refractivity contribution is -0.166. The lowest BCUT2D eigenvalue weighted by Crippen LogP contribution is -2.51. The standard InChI is InChI=1S/C33H47F2N13O10/c1-4-5-6-7-8-9-21(49)54-17-33(15-41-46-39)26(23(35)28(57-33)47-12-10-19(36)42-30(47)52)58-44-20-11-13-48(31(53)43-20)27-22(34)25(50)32(56-27,14-40-45-38)16-55-29(51)24(37)18(2)3/h10-13,18,22-28,50H,4-9,14-17,37H2,1-3H3,(H2,36,42,52)(H,43,44,53)/t22-,23-,24?,25+,26+,27-,28-,32-,33-/m1/s1. The molecule has 2 aromatic rings. The fraction of sp³-hybridized carbons (Fsp3) is 0.697. The predicted molar refractivity (Wildman–Crippen MR) is 198 cm³/mol. The summed E-state index contributed by atoms with van der Waals surface area (Å²) in [5, 5.41) is 17.8. The van der Waals surface area contributed by atoms with Gasteiger partial charge in [0.25, 0.3) is 0 Å². The minimum atomic E-state index is -2.34. The molecule has 0 bridgehead atoms. The first-order valence-corrected chi connectivity index (χ1v) is 18.4. The van der Waals surface area contributed by atoms with Gasteiger partial charge in [-0.2, -0.15) is 9.97 Å². The summed E-state index contributed by atoms with van der Waals surface area (Å²) in [4.78, 5) is 69.5. The molecule has 6 N–H and O–H groups in total. The normalized spacial score (nSPS) is 27.0. The third kappa shape index (κ3) is 10.5. The van der Waals surface area contributed by atoms with Gasteiger partial charge in [-0.25, -0.2) is 23.9 Å². The Labute approximate surface area is 329 Å². The quantitative estimate of drug-likeness (QED) is 0.0351. The van der Waals surface area contributed by atoms with Crippen LogP contribution in [0.3, 0.4) is 0 Å². The molecule has 25 heteroatoms. The van der Waals surface area contributed by atoms with Crippen LogP contribution in [0.2, 0.25) is 0 Å². The number of aromatic nitrogens is 4. The van der Waals surface area contributed by atoms with Crippen LogP contribution < -0.4 is 28.3 Å². The van der Waals surface area contributed by atoms with Gasteiger partial charge in [0.2, 0.25) is 0 Å². The van der Waals surface area contributed by atoms with E-state index < -0.39 is 104 Å². The van der Waals surface area contributed by atoms with E-state index >= 15 is 8.78 Å². The molecule has 58 heavy (non-hydrogen) atoms. The van der Waals surface area contributed by atoms with Crippen molar-refractivity contribution in [2.75, 3.05) is 37.5 Å². The molecule has 0 aromatic carbocycles. The molecule has 0 spiro atoms. The number of carbonyl (C=O) groups excluding carboxylic acids is 2. The highest BCUT2D eigenvalue weighted by Crippen LogP contribution is 2.42. The maximum absolute atomic E-state index is 16.5. The van der Waals surface area contributed by atoms with Crippen LogP contribution in [0, 0.1) is 5.92 Å². The van der Waals surface area contributed by atoms with Gasteiger partial charge in [-0.1, -0.05) is 56.7 Å². The van der Waals surface area contributed by atoms with Crippen molar-refractivity contribution in [2.24, 2.45) is 21.9 Å². The number of anilines is 2. The third-order valence-corrected chi connectivity index (χ3v) is 9.64. The topological polar surface area (TPSA) is 332 Å². The second-order valence-corrected chi connectivity index (χ2v) is 14.1. The molecule has 0 radical (unpaired) electrons. The van der Waals surface area contributed by atoms with E-state index in [1.165, 1.54) is 6.07 Å². The van der Waals surface area contributed by atoms with E-state index in [0.717, 1.165) is 48.7 Å². The number of azide groups is 2. The summed E-state index contributed by atoms with van der Waals surface area (Å²) in [6.07, 6.45) is -5.81. The van der Waals surface area contributed by atoms with Crippen LogP contribution in [0.1, 0.15) is 71.8 Å². The maximum Gasteiger partial charge on any atom is 0.351 e. The minimum Gasteiger partial charge on any atom is -0.462 e. The molecule has 318 valence electrons. The van der Waals surface area contributed by atoms with Crippen molar-refractivity contribution >= 4 is 23.6 Å². The number of carbonyl (C=O) groups is 2. The Hall–Kier alpha value is -5.42. The summed E-state index contributed by atoms with van der Waals surface area (Å²) in [6.45, 7) is 2.48. The Bertz CT molecular complexity index is 1960. The number of halogens is 2. The van der Waals surface area contributed by atoms with Crippen molar-refractivity contribution in [3.63, 3.8) is 0 Å². The van der Waals surface area contributed by atoms with Crippen molar-refractivity contribution in [1.29, 1.82) is 0 Å². The van der Waals surface area contributed by atoms with Gasteiger partial charge in [-0.15, -0.1) is 0 Å². The third-order valence-electron chi connectivity index (χ3n) is 9.64. The molecule has 2 aliphatic heterocycles. The number of nitrogen functional groups attached to an aromatic ring is 1. The van der Waals surface area contributed by atoms with Gasteiger partial charge in [0.05, 0.1) is 13.1 Å². The second-order valence-electron chi connectivity index (χ2n) is 14.1. The summed E-state index contributed by atoms with van der Waals surface area (Å²) >= 11 is 0. The van der Waals surface area contributed by atoms with E-state index in [1.54, 1.807) is 13.8 Å². The molecule has 2 aromatic heterocycles. The van der Waals surface area contributed by atoms with Crippen LogP contribution in [0.15, 0.2) is 44.3 Å². The van der Waals surface area contributed by atoms with Gasteiger partial charge < -0.3 is 35.5 Å². The number of rotatable bonds is 21. The summed E-state index contributed by atoms with van der Waals surface area (Å²) in [5.74, 6) is -2.43. The molecule has 0 aliphatic carbocycles. The van der Waals surface area contributed by atoms with Crippen molar-refractivity contribution in [2.45, 2.75) is 114 Å². The van der Waals surface area contributed by atoms with Crippen molar-refractivity contribution in [3.05, 3.63) is 66.4 Å². The zero-order valence-corrected chi connectivity index (χ0v) is 32.0. The van der Waals surface area contributed by atoms with Gasteiger partial charge in [-0.05, 0) is 35.5 Å². The number of ether oxygens (including phenoxy) is 4. The zero-order chi connectivity index (χ0) is 42.6. The Morgan fingerprint density at radius 2 is 1.55 bits per heavy atom. The molecular weight excluding hydrogens is 776 g/mol.